The number of nitrogens with two attached hydrogens (primary N) is 1. The molecule has 2 rings (SSSR count). The van der Waals surface area contributed by atoms with Crippen LogP contribution in [0.1, 0.15) is 36.4 Å². The fourth-order valence-electron chi connectivity index (χ4n) is 2.58. The quantitative estimate of drug-likeness (QED) is 0.847. The third-order valence-electron chi connectivity index (χ3n) is 3.83. The highest BCUT2D eigenvalue weighted by molar-refractivity contribution is 7.19. The summed E-state index contributed by atoms with van der Waals surface area (Å²) in [4.78, 5) is 15.1. The average Bonchev–Trinajstić information content (AvgIpc) is 2.83. The fraction of sp³-hybridized carbons (Fsp3) is 0.667. The lowest BCUT2D eigenvalue weighted by Gasteiger charge is -2.32. The molecule has 0 amide bonds. The first-order valence-corrected chi connectivity index (χ1v) is 8.09. The number of anilines is 2. The maximum absolute atomic E-state index is 12.3. The van der Waals surface area contributed by atoms with E-state index < -0.39 is 0 Å². The molecule has 1 aliphatic rings. The van der Waals surface area contributed by atoms with Crippen LogP contribution in [0.5, 0.6) is 5.75 Å². The van der Waals surface area contributed by atoms with Gasteiger partial charge in [-0.25, -0.2) is 0 Å². The predicted molar refractivity (Wildman–Crippen MR) is 86.7 cm³/mol. The van der Waals surface area contributed by atoms with Crippen LogP contribution in [0.4, 0.5) is 10.7 Å². The number of rotatable bonds is 5. The van der Waals surface area contributed by atoms with Crippen molar-refractivity contribution in [1.29, 1.82) is 0 Å². The standard InChI is InChI=1S/C15H24N2O3S/c1-9(2)12(18)14-11(16)13(20-4)15(21-14)17-7-5-6-10(8-17)19-3/h9-10H,5-8,16H2,1-4H3. The van der Waals surface area contributed by atoms with Crippen LogP contribution in [0.25, 0.3) is 0 Å². The summed E-state index contributed by atoms with van der Waals surface area (Å²) in [6, 6.07) is 0. The van der Waals surface area contributed by atoms with Gasteiger partial charge in [-0.3, -0.25) is 4.79 Å². The van der Waals surface area contributed by atoms with E-state index in [0.29, 0.717) is 16.3 Å². The zero-order valence-corrected chi connectivity index (χ0v) is 14.0. The number of piperidine rings is 1. The number of ether oxygens (including phenoxy) is 2. The molecule has 118 valence electrons. The van der Waals surface area contributed by atoms with Crippen molar-refractivity contribution in [3.05, 3.63) is 4.88 Å². The largest absolute Gasteiger partial charge is 0.492 e. The number of methoxy groups -OCH3 is 2. The van der Waals surface area contributed by atoms with Crippen molar-refractivity contribution in [2.45, 2.75) is 32.8 Å². The van der Waals surface area contributed by atoms with Crippen LogP contribution in [0.2, 0.25) is 0 Å². The van der Waals surface area contributed by atoms with Gasteiger partial charge in [0, 0.05) is 26.1 Å². The second-order valence-electron chi connectivity index (χ2n) is 5.65. The van der Waals surface area contributed by atoms with Crippen LogP contribution >= 0.6 is 11.3 Å². The molecular formula is C15H24N2O3S. The average molecular weight is 312 g/mol. The zero-order valence-electron chi connectivity index (χ0n) is 13.1. The van der Waals surface area contributed by atoms with E-state index in [-0.39, 0.29) is 17.8 Å². The number of nitrogen functional groups attached to an aromatic ring is 1. The third-order valence-corrected chi connectivity index (χ3v) is 5.10. The van der Waals surface area contributed by atoms with E-state index in [1.165, 1.54) is 11.3 Å². The maximum atomic E-state index is 12.3. The number of hydrogen-bond donors (Lipinski definition) is 1. The molecule has 0 spiro atoms. The monoisotopic (exact) mass is 312 g/mol. The van der Waals surface area contributed by atoms with Gasteiger partial charge in [-0.05, 0) is 12.8 Å². The smallest absolute Gasteiger partial charge is 0.177 e. The molecule has 1 saturated heterocycles. The van der Waals surface area contributed by atoms with Crippen molar-refractivity contribution in [2.24, 2.45) is 5.92 Å². The SMILES string of the molecule is COc1c(N2CCCC(OC)C2)sc(C(=O)C(C)C)c1N. The van der Waals surface area contributed by atoms with E-state index in [0.717, 1.165) is 30.9 Å². The number of carbonyl (C=O) groups excluding carboxylic acids is 1. The summed E-state index contributed by atoms with van der Waals surface area (Å²) < 4.78 is 10.9. The van der Waals surface area contributed by atoms with Gasteiger partial charge in [0.25, 0.3) is 0 Å². The van der Waals surface area contributed by atoms with Crippen molar-refractivity contribution < 1.29 is 14.3 Å². The predicted octanol–water partition coefficient (Wildman–Crippen LogP) is 2.79. The summed E-state index contributed by atoms with van der Waals surface area (Å²) in [6.07, 6.45) is 2.34. The Kier molecular flexibility index (Phi) is 5.11. The Balaban J connectivity index is 2.35. The van der Waals surface area contributed by atoms with Gasteiger partial charge < -0.3 is 20.1 Å². The molecule has 0 aromatic carbocycles. The van der Waals surface area contributed by atoms with E-state index in [4.69, 9.17) is 15.2 Å². The molecule has 2 N–H and O–H groups in total. The zero-order chi connectivity index (χ0) is 15.6. The molecule has 0 saturated carbocycles. The number of nitrogens with zero attached hydrogens (tertiary/aromatic N) is 1. The van der Waals surface area contributed by atoms with Gasteiger partial charge in [0.05, 0.1) is 23.8 Å². The van der Waals surface area contributed by atoms with Crippen LogP contribution < -0.4 is 15.4 Å². The molecule has 2 heterocycles. The maximum Gasteiger partial charge on any atom is 0.177 e. The Morgan fingerprint density at radius 3 is 2.71 bits per heavy atom. The van der Waals surface area contributed by atoms with Crippen molar-refractivity contribution in [3.8, 4) is 5.75 Å². The minimum Gasteiger partial charge on any atom is -0.492 e. The number of Topliss-reactive ketones (excluding diaryl/α,β-unsaturated/α-hetero) is 1. The highest BCUT2D eigenvalue weighted by atomic mass is 32.1. The topological polar surface area (TPSA) is 64.8 Å². The molecule has 1 aromatic rings. The summed E-state index contributed by atoms with van der Waals surface area (Å²) in [5, 5.41) is 0.945. The van der Waals surface area contributed by atoms with Gasteiger partial charge >= 0.3 is 0 Å². The van der Waals surface area contributed by atoms with Crippen LogP contribution in [-0.4, -0.2) is 39.2 Å². The lowest BCUT2D eigenvalue weighted by atomic mass is 10.1. The van der Waals surface area contributed by atoms with Gasteiger partial charge in [0.1, 0.15) is 5.00 Å². The lowest BCUT2D eigenvalue weighted by Crippen LogP contribution is -2.38. The Morgan fingerprint density at radius 1 is 1.43 bits per heavy atom. The molecule has 5 nitrogen and oxygen atoms in total. The van der Waals surface area contributed by atoms with E-state index in [1.807, 2.05) is 13.8 Å². The van der Waals surface area contributed by atoms with Crippen LogP contribution in [0, 0.1) is 5.92 Å². The molecule has 21 heavy (non-hydrogen) atoms. The summed E-state index contributed by atoms with van der Waals surface area (Å²) in [5.74, 6) is 0.625. The Morgan fingerprint density at radius 2 is 2.14 bits per heavy atom. The number of thiophene rings is 1. The normalized spacial score (nSPS) is 19.1. The molecular weight excluding hydrogens is 288 g/mol. The molecule has 0 aliphatic carbocycles. The van der Waals surface area contributed by atoms with Crippen molar-refractivity contribution in [3.63, 3.8) is 0 Å². The summed E-state index contributed by atoms with van der Waals surface area (Å²) in [7, 11) is 3.34. The van der Waals surface area contributed by atoms with Crippen molar-refractivity contribution in [1.82, 2.24) is 0 Å². The first-order chi connectivity index (χ1) is 9.99. The molecule has 1 aliphatic heterocycles. The molecule has 1 fully saturated rings. The number of carbonyl (C=O) groups is 1. The van der Waals surface area contributed by atoms with Gasteiger partial charge in [0.15, 0.2) is 11.5 Å². The number of hydrogen-bond acceptors (Lipinski definition) is 6. The lowest BCUT2D eigenvalue weighted by molar-refractivity contribution is 0.0894. The first-order valence-electron chi connectivity index (χ1n) is 7.27. The Bertz CT molecular complexity index is 513. The molecule has 0 radical (unpaired) electrons. The number of ketones is 1. The summed E-state index contributed by atoms with van der Waals surface area (Å²) in [6.45, 7) is 5.51. The Labute approximate surface area is 130 Å². The van der Waals surface area contributed by atoms with E-state index in [9.17, 15) is 4.79 Å². The van der Waals surface area contributed by atoms with E-state index >= 15 is 0 Å². The minimum absolute atomic E-state index is 0.0716. The van der Waals surface area contributed by atoms with Crippen LogP contribution in [0.15, 0.2) is 0 Å². The summed E-state index contributed by atoms with van der Waals surface area (Å²) >= 11 is 1.44. The van der Waals surface area contributed by atoms with Crippen molar-refractivity contribution in [2.75, 3.05) is 37.9 Å². The van der Waals surface area contributed by atoms with Crippen LogP contribution in [0.3, 0.4) is 0 Å². The highest BCUT2D eigenvalue weighted by Crippen LogP contribution is 2.46. The molecule has 6 heteroatoms. The fourth-order valence-corrected chi connectivity index (χ4v) is 3.90. The van der Waals surface area contributed by atoms with Crippen LogP contribution in [-0.2, 0) is 4.74 Å². The highest BCUT2D eigenvalue weighted by Gasteiger charge is 2.29. The summed E-state index contributed by atoms with van der Waals surface area (Å²) in [5.41, 5.74) is 6.60. The van der Waals surface area contributed by atoms with E-state index in [2.05, 4.69) is 4.90 Å². The van der Waals surface area contributed by atoms with Gasteiger partial charge in [-0.1, -0.05) is 13.8 Å². The minimum atomic E-state index is -0.0726. The van der Waals surface area contributed by atoms with Crippen molar-refractivity contribution >= 4 is 27.8 Å². The second kappa shape index (κ2) is 6.66. The second-order valence-corrected chi connectivity index (χ2v) is 6.65. The van der Waals surface area contributed by atoms with E-state index in [1.54, 1.807) is 14.2 Å². The van der Waals surface area contributed by atoms with Gasteiger partial charge in [-0.15, -0.1) is 11.3 Å². The van der Waals surface area contributed by atoms with Gasteiger partial charge in [0.2, 0.25) is 0 Å². The molecule has 1 aromatic heterocycles. The van der Waals surface area contributed by atoms with Gasteiger partial charge in [-0.2, -0.15) is 0 Å². The first kappa shape index (κ1) is 16.1. The molecule has 1 unspecified atom stereocenters. The Hall–Kier alpha value is -1.27. The molecule has 0 bridgehead atoms. The third kappa shape index (κ3) is 3.16. The molecule has 1 atom stereocenters.